The molecule has 33 heavy (non-hydrogen) atoms. The first-order chi connectivity index (χ1) is 16.3. The number of benzene rings is 1. The largest absolute Gasteiger partial charge is 0.478 e. The Bertz CT molecular complexity index is 1020. The van der Waals surface area contributed by atoms with Crippen LogP contribution >= 0.6 is 0 Å². The molecule has 9 heteroatoms. The molecule has 1 saturated heterocycles. The molecule has 1 amide bonds. The van der Waals surface area contributed by atoms with Crippen LogP contribution in [-0.4, -0.2) is 55.9 Å². The van der Waals surface area contributed by atoms with Crippen LogP contribution in [0.3, 0.4) is 0 Å². The number of likely N-dealkylation sites (tertiary alicyclic amines) is 1. The standard InChI is InChI=1S/C24H28N6O3/c31-24(33-16-18-4-2-1-3-5-18)29-11-8-19(9-12-29)22-14-20(22)10-13-32-23-7-6-21(15-25-23)30-17-26-27-28-30/h1-7,15,17,19-20,22H,8-14,16H2/t20?,22-/m1/s1. The molecule has 172 valence electrons. The molecule has 2 aliphatic rings. The third-order valence-corrected chi connectivity index (χ3v) is 6.66. The van der Waals surface area contributed by atoms with Crippen LogP contribution in [0.15, 0.2) is 55.0 Å². The second-order valence-electron chi connectivity index (χ2n) is 8.77. The second-order valence-corrected chi connectivity index (χ2v) is 8.77. The molecule has 3 aromatic rings. The van der Waals surface area contributed by atoms with Gasteiger partial charge in [0, 0.05) is 19.2 Å². The van der Waals surface area contributed by atoms with Crippen LogP contribution in [0.25, 0.3) is 5.69 Å². The van der Waals surface area contributed by atoms with Gasteiger partial charge in [0.2, 0.25) is 5.88 Å². The van der Waals surface area contributed by atoms with Gasteiger partial charge in [0.05, 0.1) is 18.5 Å². The van der Waals surface area contributed by atoms with Gasteiger partial charge in [-0.15, -0.1) is 5.10 Å². The molecule has 5 rings (SSSR count). The van der Waals surface area contributed by atoms with Crippen LogP contribution in [0.5, 0.6) is 5.88 Å². The van der Waals surface area contributed by atoms with Gasteiger partial charge in [-0.2, -0.15) is 4.68 Å². The average Bonchev–Trinajstić information content (AvgIpc) is 3.42. The summed E-state index contributed by atoms with van der Waals surface area (Å²) in [5.41, 5.74) is 1.81. The minimum absolute atomic E-state index is 0.198. The molecule has 9 nitrogen and oxygen atoms in total. The molecule has 1 aliphatic heterocycles. The lowest BCUT2D eigenvalue weighted by Gasteiger charge is -2.31. The Hall–Kier alpha value is -3.49. The lowest BCUT2D eigenvalue weighted by Crippen LogP contribution is -2.39. The van der Waals surface area contributed by atoms with Gasteiger partial charge >= 0.3 is 6.09 Å². The number of ether oxygens (including phenoxy) is 2. The van der Waals surface area contributed by atoms with Gasteiger partial charge in [0.1, 0.15) is 12.9 Å². The van der Waals surface area contributed by atoms with Crippen molar-refractivity contribution < 1.29 is 14.3 Å². The van der Waals surface area contributed by atoms with Gasteiger partial charge in [-0.3, -0.25) is 0 Å². The average molecular weight is 449 g/mol. The predicted molar refractivity (Wildman–Crippen MR) is 120 cm³/mol. The normalized spacial score (nSPS) is 20.4. The Morgan fingerprint density at radius 1 is 1.09 bits per heavy atom. The fourth-order valence-corrected chi connectivity index (χ4v) is 4.69. The number of nitrogens with zero attached hydrogens (tertiary/aromatic N) is 6. The lowest BCUT2D eigenvalue weighted by molar-refractivity contribution is 0.0796. The van der Waals surface area contributed by atoms with Crippen LogP contribution in [0.2, 0.25) is 0 Å². The fourth-order valence-electron chi connectivity index (χ4n) is 4.69. The van der Waals surface area contributed by atoms with E-state index in [-0.39, 0.29) is 6.09 Å². The zero-order chi connectivity index (χ0) is 22.5. The number of tetrazole rings is 1. The van der Waals surface area contributed by atoms with E-state index < -0.39 is 0 Å². The lowest BCUT2D eigenvalue weighted by atomic mass is 9.91. The van der Waals surface area contributed by atoms with E-state index in [0.717, 1.165) is 49.5 Å². The van der Waals surface area contributed by atoms with Crippen molar-refractivity contribution >= 4 is 6.09 Å². The molecule has 3 heterocycles. The number of carbonyl (C=O) groups excluding carboxylic acids is 1. The Kier molecular flexibility index (Phi) is 6.46. The third kappa shape index (κ3) is 5.47. The summed E-state index contributed by atoms with van der Waals surface area (Å²) in [5.74, 6) is 2.78. The van der Waals surface area contributed by atoms with Crippen LogP contribution in [-0.2, 0) is 11.3 Å². The molecule has 0 radical (unpaired) electrons. The summed E-state index contributed by atoms with van der Waals surface area (Å²) in [5, 5.41) is 11.1. The van der Waals surface area contributed by atoms with Crippen molar-refractivity contribution in [2.24, 2.45) is 17.8 Å². The van der Waals surface area contributed by atoms with Crippen LogP contribution in [0.1, 0.15) is 31.2 Å². The SMILES string of the molecule is O=C(OCc1ccccc1)N1CCC([C@H]2CC2CCOc2ccc(-n3cnnn3)cn2)CC1. The van der Waals surface area contributed by atoms with Crippen LogP contribution < -0.4 is 4.74 Å². The molecule has 0 spiro atoms. The molecule has 0 bridgehead atoms. The van der Waals surface area contributed by atoms with Gasteiger partial charge < -0.3 is 14.4 Å². The minimum atomic E-state index is -0.198. The maximum Gasteiger partial charge on any atom is 0.410 e. The van der Waals surface area contributed by atoms with E-state index in [1.807, 2.05) is 47.4 Å². The van der Waals surface area contributed by atoms with Crippen molar-refractivity contribution in [1.82, 2.24) is 30.1 Å². The van der Waals surface area contributed by atoms with Gasteiger partial charge in [0.15, 0.2) is 0 Å². The molecule has 2 atom stereocenters. The topological polar surface area (TPSA) is 95.3 Å². The summed E-state index contributed by atoms with van der Waals surface area (Å²) in [6.07, 6.45) is 7.45. The van der Waals surface area contributed by atoms with E-state index >= 15 is 0 Å². The quantitative estimate of drug-likeness (QED) is 0.520. The molecule has 2 aromatic heterocycles. The molecular weight excluding hydrogens is 420 g/mol. The van der Waals surface area contributed by atoms with E-state index in [2.05, 4.69) is 20.5 Å². The number of piperidine rings is 1. The number of hydrogen-bond acceptors (Lipinski definition) is 7. The van der Waals surface area contributed by atoms with Crippen molar-refractivity contribution in [3.63, 3.8) is 0 Å². The number of hydrogen-bond donors (Lipinski definition) is 0. The van der Waals surface area contributed by atoms with Gasteiger partial charge in [0.25, 0.3) is 0 Å². The summed E-state index contributed by atoms with van der Waals surface area (Å²) < 4.78 is 12.9. The number of pyridine rings is 1. The van der Waals surface area contributed by atoms with E-state index in [1.54, 1.807) is 10.9 Å². The molecule has 0 N–H and O–H groups in total. The maximum absolute atomic E-state index is 12.4. The molecule has 1 saturated carbocycles. The van der Waals surface area contributed by atoms with Gasteiger partial charge in [-0.05, 0) is 65.5 Å². The van der Waals surface area contributed by atoms with Crippen molar-refractivity contribution in [2.75, 3.05) is 19.7 Å². The third-order valence-electron chi connectivity index (χ3n) is 6.66. The number of rotatable bonds is 8. The highest BCUT2D eigenvalue weighted by molar-refractivity contribution is 5.67. The second kappa shape index (κ2) is 9.97. The Labute approximate surface area is 192 Å². The van der Waals surface area contributed by atoms with E-state index in [1.165, 1.54) is 12.7 Å². The summed E-state index contributed by atoms with van der Waals surface area (Å²) in [4.78, 5) is 18.5. The highest BCUT2D eigenvalue weighted by atomic mass is 16.6. The highest BCUT2D eigenvalue weighted by Gasteiger charge is 2.43. The number of carbonyl (C=O) groups is 1. The number of aromatic nitrogens is 5. The van der Waals surface area contributed by atoms with E-state index in [0.29, 0.717) is 30.9 Å². The Morgan fingerprint density at radius 3 is 2.67 bits per heavy atom. The molecule has 1 unspecified atom stereocenters. The van der Waals surface area contributed by atoms with Crippen molar-refractivity contribution in [1.29, 1.82) is 0 Å². The first-order valence-corrected chi connectivity index (χ1v) is 11.5. The van der Waals surface area contributed by atoms with E-state index in [4.69, 9.17) is 9.47 Å². The van der Waals surface area contributed by atoms with Crippen molar-refractivity contribution in [3.8, 4) is 11.6 Å². The zero-order valence-electron chi connectivity index (χ0n) is 18.5. The van der Waals surface area contributed by atoms with Crippen LogP contribution in [0, 0.1) is 17.8 Å². The minimum Gasteiger partial charge on any atom is -0.478 e. The monoisotopic (exact) mass is 448 g/mol. The first-order valence-electron chi connectivity index (χ1n) is 11.5. The van der Waals surface area contributed by atoms with Gasteiger partial charge in [-0.25, -0.2) is 9.78 Å². The summed E-state index contributed by atoms with van der Waals surface area (Å²) in [6, 6.07) is 13.5. The van der Waals surface area contributed by atoms with Crippen LogP contribution in [0.4, 0.5) is 4.79 Å². The molecular formula is C24H28N6O3. The maximum atomic E-state index is 12.4. The summed E-state index contributed by atoms with van der Waals surface area (Å²) >= 11 is 0. The van der Waals surface area contributed by atoms with Gasteiger partial charge in [-0.1, -0.05) is 30.3 Å². The smallest absolute Gasteiger partial charge is 0.410 e. The fraction of sp³-hybridized carbons (Fsp3) is 0.458. The van der Waals surface area contributed by atoms with E-state index in [9.17, 15) is 4.79 Å². The highest BCUT2D eigenvalue weighted by Crippen LogP contribution is 2.49. The summed E-state index contributed by atoms with van der Waals surface area (Å²) in [7, 11) is 0. The van der Waals surface area contributed by atoms with Crippen molar-refractivity contribution in [2.45, 2.75) is 32.3 Å². The predicted octanol–water partition coefficient (Wildman–Crippen LogP) is 3.51. The molecule has 1 aliphatic carbocycles. The number of amides is 1. The Morgan fingerprint density at radius 2 is 1.94 bits per heavy atom. The Balaban J connectivity index is 0.986. The summed E-state index contributed by atoms with van der Waals surface area (Å²) in [6.45, 7) is 2.58. The zero-order valence-corrected chi connectivity index (χ0v) is 18.5. The van der Waals surface area contributed by atoms with Crippen molar-refractivity contribution in [3.05, 3.63) is 60.6 Å². The first kappa shape index (κ1) is 21.4. The molecule has 2 fully saturated rings. The molecule has 1 aromatic carbocycles.